The second kappa shape index (κ2) is 7.97. The molecule has 1 aromatic heterocycles. The topological polar surface area (TPSA) is 28.3 Å². The number of aromatic nitrogens is 1. The zero-order chi connectivity index (χ0) is 22.3. The fourth-order valence-electron chi connectivity index (χ4n) is 4.53. The van der Waals surface area contributed by atoms with Crippen LogP contribution >= 0.6 is 0 Å². The van der Waals surface area contributed by atoms with Crippen LogP contribution in [0.25, 0.3) is 10.9 Å². The number of ether oxygens (including phenoxy) is 1. The zero-order valence-corrected chi connectivity index (χ0v) is 17.8. The molecular weight excluding hydrogens is 401 g/mol. The van der Waals surface area contributed by atoms with Gasteiger partial charge in [-0.2, -0.15) is 0 Å². The summed E-state index contributed by atoms with van der Waals surface area (Å²) in [4.78, 5) is 5.18. The summed E-state index contributed by atoms with van der Waals surface area (Å²) in [6.45, 7) is 4.85. The molecule has 0 unspecified atom stereocenters. The van der Waals surface area contributed by atoms with Gasteiger partial charge in [0.1, 0.15) is 29.7 Å². The van der Waals surface area contributed by atoms with Crippen molar-refractivity contribution < 1.29 is 17.9 Å². The minimum Gasteiger partial charge on any atom is -0.481 e. The lowest BCUT2D eigenvalue weighted by Gasteiger charge is -2.43. The zero-order valence-electron chi connectivity index (χ0n) is 17.8. The van der Waals surface area contributed by atoms with E-state index < -0.39 is 23.3 Å². The van der Waals surface area contributed by atoms with Gasteiger partial charge in [-0.3, -0.25) is 4.90 Å². The van der Waals surface area contributed by atoms with Crippen molar-refractivity contribution >= 4 is 10.9 Å². The normalized spacial score (nSPS) is 19.3. The van der Waals surface area contributed by atoms with Gasteiger partial charge in [0, 0.05) is 46.9 Å². The van der Waals surface area contributed by atoms with Crippen LogP contribution in [0.4, 0.5) is 13.2 Å². The third-order valence-electron chi connectivity index (χ3n) is 5.72. The van der Waals surface area contributed by atoms with Crippen LogP contribution < -0.4 is 4.74 Å². The van der Waals surface area contributed by atoms with Crippen LogP contribution in [-0.4, -0.2) is 34.7 Å². The molecule has 0 bridgehead atoms. The van der Waals surface area contributed by atoms with Crippen molar-refractivity contribution in [1.82, 2.24) is 9.88 Å². The van der Waals surface area contributed by atoms with Crippen molar-refractivity contribution in [2.24, 2.45) is 0 Å². The van der Waals surface area contributed by atoms with Crippen LogP contribution in [0.2, 0.25) is 0 Å². The fourth-order valence-corrected chi connectivity index (χ4v) is 4.53. The van der Waals surface area contributed by atoms with Crippen molar-refractivity contribution in [3.05, 3.63) is 64.9 Å². The molecule has 2 aromatic carbocycles. The Morgan fingerprint density at radius 1 is 1.23 bits per heavy atom. The summed E-state index contributed by atoms with van der Waals surface area (Å²) in [5, 5.41) is 1.02. The molecule has 1 aliphatic heterocycles. The van der Waals surface area contributed by atoms with Crippen LogP contribution in [0.5, 0.6) is 5.75 Å². The maximum Gasteiger partial charge on any atom is 0.148 e. The van der Waals surface area contributed by atoms with Gasteiger partial charge in [0.15, 0.2) is 0 Å². The van der Waals surface area contributed by atoms with E-state index in [1.807, 2.05) is 36.1 Å². The highest BCUT2D eigenvalue weighted by molar-refractivity contribution is 5.85. The van der Waals surface area contributed by atoms with E-state index in [-0.39, 0.29) is 30.5 Å². The summed E-state index contributed by atoms with van der Waals surface area (Å²) >= 11 is 0. The smallest absolute Gasteiger partial charge is 0.148 e. The summed E-state index contributed by atoms with van der Waals surface area (Å²) in [5.41, 5.74) is 0.919. The molecular formula is C25H25F3N2O. The van der Waals surface area contributed by atoms with E-state index in [1.165, 1.54) is 13.8 Å². The highest BCUT2D eigenvalue weighted by Gasteiger charge is 2.41. The molecule has 2 heterocycles. The molecule has 1 N–H and O–H groups in total. The Labute approximate surface area is 180 Å². The number of terminal acetylenes is 1. The molecule has 0 fully saturated rings. The van der Waals surface area contributed by atoms with Gasteiger partial charge in [0.2, 0.25) is 0 Å². The summed E-state index contributed by atoms with van der Waals surface area (Å²) in [6, 6.07) is 9.11. The highest BCUT2D eigenvalue weighted by atomic mass is 19.1. The van der Waals surface area contributed by atoms with Crippen molar-refractivity contribution in [3.63, 3.8) is 0 Å². The number of fused-ring (bicyclic) bond motifs is 3. The molecule has 0 aliphatic carbocycles. The standard InChI is InChI=1S/C25H25F3N2O/c1-5-10-31-16-12-19(26)22(20(27)13-16)24-23-18(17-8-6-7-9-21(17)29-23)11-15(2)30(24)14-25(3,4)28/h1,6-9,12-13,15,24,29H,10-11,14H2,2-4H3/t15-,24-/m1/s1. The quantitative estimate of drug-likeness (QED) is 0.543. The molecule has 0 saturated heterocycles. The van der Waals surface area contributed by atoms with Gasteiger partial charge in [0.25, 0.3) is 0 Å². The van der Waals surface area contributed by atoms with E-state index in [0.717, 1.165) is 28.6 Å². The summed E-state index contributed by atoms with van der Waals surface area (Å²) in [5.74, 6) is 0.796. The first-order chi connectivity index (χ1) is 14.7. The Balaban J connectivity index is 1.91. The fraction of sp³-hybridized carbons (Fsp3) is 0.360. The second-order valence-corrected chi connectivity index (χ2v) is 8.70. The molecule has 0 saturated carbocycles. The Hall–Kier alpha value is -2.91. The maximum absolute atomic E-state index is 15.3. The average molecular weight is 426 g/mol. The first-order valence-corrected chi connectivity index (χ1v) is 10.3. The third-order valence-corrected chi connectivity index (χ3v) is 5.72. The predicted octanol–water partition coefficient (Wildman–Crippen LogP) is 5.54. The number of nitrogens with one attached hydrogen (secondary N) is 1. The summed E-state index contributed by atoms with van der Waals surface area (Å²) in [6.07, 6.45) is 5.82. The molecule has 162 valence electrons. The summed E-state index contributed by atoms with van der Waals surface area (Å²) < 4.78 is 50.5. The van der Waals surface area contributed by atoms with E-state index in [4.69, 9.17) is 11.2 Å². The molecule has 1 aliphatic rings. The Morgan fingerprint density at radius 3 is 2.55 bits per heavy atom. The van der Waals surface area contributed by atoms with Crippen LogP contribution in [0.15, 0.2) is 36.4 Å². The second-order valence-electron chi connectivity index (χ2n) is 8.70. The lowest BCUT2D eigenvalue weighted by atomic mass is 9.87. The molecule has 31 heavy (non-hydrogen) atoms. The van der Waals surface area contributed by atoms with Gasteiger partial charge in [-0.15, -0.1) is 6.42 Å². The van der Waals surface area contributed by atoms with E-state index >= 15 is 8.78 Å². The Kier molecular flexibility index (Phi) is 5.49. The number of hydrogen-bond donors (Lipinski definition) is 1. The largest absolute Gasteiger partial charge is 0.481 e. The van der Waals surface area contributed by atoms with Crippen molar-refractivity contribution in [2.75, 3.05) is 13.2 Å². The molecule has 3 nitrogen and oxygen atoms in total. The van der Waals surface area contributed by atoms with E-state index in [0.29, 0.717) is 12.1 Å². The Bertz CT molecular complexity index is 1130. The molecule has 0 amide bonds. The SMILES string of the molecule is C#CCOc1cc(F)c([C@@H]2c3[nH]c4ccccc4c3C[C@@H](C)N2CC(C)(C)F)c(F)c1. The lowest BCUT2D eigenvalue weighted by Crippen LogP contribution is -2.48. The van der Waals surface area contributed by atoms with Crippen molar-refractivity contribution in [1.29, 1.82) is 0 Å². The molecule has 2 atom stereocenters. The number of aromatic amines is 1. The van der Waals surface area contributed by atoms with Gasteiger partial charge in [-0.1, -0.05) is 24.1 Å². The van der Waals surface area contributed by atoms with Crippen LogP contribution in [0.3, 0.4) is 0 Å². The minimum atomic E-state index is -1.54. The van der Waals surface area contributed by atoms with E-state index in [2.05, 4.69) is 10.9 Å². The van der Waals surface area contributed by atoms with Crippen molar-refractivity contribution in [3.8, 4) is 18.1 Å². The van der Waals surface area contributed by atoms with Gasteiger partial charge in [0.05, 0.1) is 6.04 Å². The molecule has 0 spiro atoms. The number of nitrogens with zero attached hydrogens (tertiary/aromatic N) is 1. The number of para-hydroxylation sites is 1. The lowest BCUT2D eigenvalue weighted by molar-refractivity contribution is 0.0642. The van der Waals surface area contributed by atoms with E-state index in [9.17, 15) is 4.39 Å². The summed E-state index contributed by atoms with van der Waals surface area (Å²) in [7, 11) is 0. The van der Waals surface area contributed by atoms with Gasteiger partial charge < -0.3 is 9.72 Å². The molecule has 6 heteroatoms. The molecule has 0 radical (unpaired) electrons. The minimum absolute atomic E-state index is 0.0230. The van der Waals surface area contributed by atoms with Gasteiger partial charge >= 0.3 is 0 Å². The van der Waals surface area contributed by atoms with Crippen molar-refractivity contribution in [2.45, 2.75) is 44.9 Å². The first kappa shape index (κ1) is 21.3. The number of halogens is 3. The average Bonchev–Trinajstić information content (AvgIpc) is 3.05. The van der Waals surface area contributed by atoms with E-state index in [1.54, 1.807) is 0 Å². The first-order valence-electron chi connectivity index (χ1n) is 10.3. The van der Waals surface area contributed by atoms with Crippen LogP contribution in [0, 0.1) is 24.0 Å². The molecule has 3 aromatic rings. The van der Waals surface area contributed by atoms with Gasteiger partial charge in [-0.25, -0.2) is 13.2 Å². The third kappa shape index (κ3) is 4.03. The maximum atomic E-state index is 15.3. The number of H-pyrrole nitrogens is 1. The number of alkyl halides is 1. The Morgan fingerprint density at radius 2 is 1.90 bits per heavy atom. The van der Waals surface area contributed by atoms with Gasteiger partial charge in [-0.05, 0) is 38.8 Å². The molecule has 4 rings (SSSR count). The monoisotopic (exact) mass is 426 g/mol. The number of rotatable bonds is 5. The van der Waals surface area contributed by atoms with Crippen LogP contribution in [0.1, 0.15) is 43.6 Å². The van der Waals surface area contributed by atoms with Crippen LogP contribution in [-0.2, 0) is 6.42 Å². The predicted molar refractivity (Wildman–Crippen MR) is 116 cm³/mol. The highest BCUT2D eigenvalue weighted by Crippen LogP contribution is 2.43. The number of benzene rings is 2. The number of hydrogen-bond acceptors (Lipinski definition) is 2.